The van der Waals surface area contributed by atoms with Crippen molar-refractivity contribution in [2.75, 3.05) is 27.8 Å². The van der Waals surface area contributed by atoms with Gasteiger partial charge in [-0.1, -0.05) is 13.0 Å². The van der Waals surface area contributed by atoms with Crippen LogP contribution in [0.15, 0.2) is 23.8 Å². The van der Waals surface area contributed by atoms with E-state index in [9.17, 15) is 4.79 Å². The van der Waals surface area contributed by atoms with Gasteiger partial charge in [-0.15, -0.1) is 0 Å². The first kappa shape index (κ1) is 17.0. The number of carboxylic acid groups (broad SMARTS) is 1. The van der Waals surface area contributed by atoms with Crippen LogP contribution in [0, 0.1) is 0 Å². The third kappa shape index (κ3) is 5.45. The number of rotatable bonds is 9. The molecule has 0 bridgehead atoms. The molecule has 1 N–H and O–H groups in total. The lowest BCUT2D eigenvalue weighted by Gasteiger charge is -2.12. The monoisotopic (exact) mass is 296 g/mol. The molecule has 1 rings (SSSR count). The van der Waals surface area contributed by atoms with Gasteiger partial charge in [0, 0.05) is 19.8 Å². The fourth-order valence-corrected chi connectivity index (χ4v) is 1.61. The van der Waals surface area contributed by atoms with Crippen LogP contribution in [0.2, 0.25) is 0 Å². The van der Waals surface area contributed by atoms with E-state index in [0.717, 1.165) is 0 Å². The molecule has 6 heteroatoms. The van der Waals surface area contributed by atoms with E-state index in [1.807, 2.05) is 0 Å². The molecule has 0 heterocycles. The van der Waals surface area contributed by atoms with Gasteiger partial charge >= 0.3 is 5.97 Å². The Hall–Kier alpha value is -2.05. The zero-order valence-corrected chi connectivity index (χ0v) is 12.4. The number of hydrogen-bond donors (Lipinski definition) is 1. The Balaban J connectivity index is 3.04. The maximum atomic E-state index is 11.0. The van der Waals surface area contributed by atoms with Crippen molar-refractivity contribution in [3.8, 4) is 11.5 Å². The Morgan fingerprint density at radius 1 is 1.14 bits per heavy atom. The quantitative estimate of drug-likeness (QED) is 0.557. The molecular formula is C15H20O6. The predicted octanol–water partition coefficient (Wildman–Crippen LogP) is 2.53. The van der Waals surface area contributed by atoms with Crippen LogP contribution in [0.1, 0.15) is 18.9 Å². The maximum Gasteiger partial charge on any atom is 0.331 e. The molecule has 0 saturated heterocycles. The summed E-state index contributed by atoms with van der Waals surface area (Å²) in [4.78, 5) is 11.0. The molecule has 0 radical (unpaired) electrons. The molecule has 1 aromatic rings. The molecule has 0 fully saturated rings. The highest BCUT2D eigenvalue weighted by molar-refractivity contribution is 5.92. The first-order valence-corrected chi connectivity index (χ1v) is 6.43. The average molecular weight is 296 g/mol. The van der Waals surface area contributed by atoms with E-state index in [4.69, 9.17) is 24.1 Å². The van der Waals surface area contributed by atoms with Crippen molar-refractivity contribution in [3.05, 3.63) is 29.3 Å². The van der Waals surface area contributed by atoms with Gasteiger partial charge in [-0.25, -0.2) is 4.79 Å². The van der Waals surface area contributed by atoms with E-state index in [1.54, 1.807) is 31.2 Å². The summed E-state index contributed by atoms with van der Waals surface area (Å²) in [7, 11) is 3.03. The standard InChI is InChI=1S/C15H20O6/c1-4-12(15(16)17)7-11-5-6-13(20-9-18-2)14(8-11)21-10-19-3/h5-8H,4,9-10H2,1-3H3,(H,16,17)/b12-7+. The molecule has 0 aliphatic heterocycles. The molecule has 1 aromatic carbocycles. The zero-order valence-electron chi connectivity index (χ0n) is 12.4. The summed E-state index contributed by atoms with van der Waals surface area (Å²) in [6.45, 7) is 1.95. The van der Waals surface area contributed by atoms with Gasteiger partial charge in [-0.2, -0.15) is 0 Å². The Bertz CT molecular complexity index is 495. The van der Waals surface area contributed by atoms with Gasteiger partial charge in [0.2, 0.25) is 0 Å². The molecule has 0 atom stereocenters. The Labute approximate surface area is 123 Å². The van der Waals surface area contributed by atoms with Crippen molar-refractivity contribution in [3.63, 3.8) is 0 Å². The van der Waals surface area contributed by atoms with E-state index in [-0.39, 0.29) is 13.6 Å². The number of benzene rings is 1. The summed E-state index contributed by atoms with van der Waals surface area (Å²) in [6, 6.07) is 5.15. The third-order valence-electron chi connectivity index (χ3n) is 2.63. The third-order valence-corrected chi connectivity index (χ3v) is 2.63. The molecule has 0 aliphatic rings. The lowest BCUT2D eigenvalue weighted by Crippen LogP contribution is -2.04. The zero-order chi connectivity index (χ0) is 15.7. The van der Waals surface area contributed by atoms with Crippen LogP contribution in [-0.2, 0) is 14.3 Å². The average Bonchev–Trinajstić information content (AvgIpc) is 2.49. The number of aliphatic carboxylic acids is 1. The van der Waals surface area contributed by atoms with Crippen LogP contribution >= 0.6 is 0 Å². The summed E-state index contributed by atoms with van der Waals surface area (Å²) >= 11 is 0. The van der Waals surface area contributed by atoms with Gasteiger partial charge in [0.1, 0.15) is 0 Å². The highest BCUT2D eigenvalue weighted by atomic mass is 16.7. The van der Waals surface area contributed by atoms with Crippen LogP contribution in [0.5, 0.6) is 11.5 Å². The van der Waals surface area contributed by atoms with Gasteiger partial charge in [0.05, 0.1) is 0 Å². The summed E-state index contributed by atoms with van der Waals surface area (Å²) in [5, 5.41) is 9.06. The number of methoxy groups -OCH3 is 2. The summed E-state index contributed by atoms with van der Waals surface area (Å²) in [5.41, 5.74) is 1.03. The Morgan fingerprint density at radius 3 is 2.29 bits per heavy atom. The van der Waals surface area contributed by atoms with Crippen molar-refractivity contribution < 1.29 is 28.8 Å². The topological polar surface area (TPSA) is 74.2 Å². The second kappa shape index (κ2) is 8.99. The SMILES string of the molecule is CC/C(=C\c1ccc(OCOC)c(OCOC)c1)C(=O)O. The number of hydrogen-bond acceptors (Lipinski definition) is 5. The van der Waals surface area contributed by atoms with E-state index in [2.05, 4.69) is 0 Å². The fourth-order valence-electron chi connectivity index (χ4n) is 1.61. The van der Waals surface area contributed by atoms with Crippen LogP contribution in [0.3, 0.4) is 0 Å². The Kier molecular flexibility index (Phi) is 7.28. The smallest absolute Gasteiger partial charge is 0.331 e. The van der Waals surface area contributed by atoms with Crippen molar-refractivity contribution in [2.24, 2.45) is 0 Å². The van der Waals surface area contributed by atoms with E-state index in [1.165, 1.54) is 14.2 Å². The maximum absolute atomic E-state index is 11.0. The molecule has 0 spiro atoms. The van der Waals surface area contributed by atoms with Gasteiger partial charge in [0.25, 0.3) is 0 Å². The number of ether oxygens (including phenoxy) is 4. The second-order valence-corrected chi connectivity index (χ2v) is 4.14. The minimum atomic E-state index is -0.934. The molecule has 21 heavy (non-hydrogen) atoms. The lowest BCUT2D eigenvalue weighted by atomic mass is 10.1. The molecule has 0 aliphatic carbocycles. The van der Waals surface area contributed by atoms with Crippen LogP contribution in [-0.4, -0.2) is 38.9 Å². The minimum Gasteiger partial charge on any atom is -0.478 e. The first-order chi connectivity index (χ1) is 10.1. The Morgan fingerprint density at radius 2 is 1.76 bits per heavy atom. The van der Waals surface area contributed by atoms with E-state index >= 15 is 0 Å². The molecular weight excluding hydrogens is 276 g/mol. The van der Waals surface area contributed by atoms with Crippen LogP contribution < -0.4 is 9.47 Å². The number of carboxylic acids is 1. The highest BCUT2D eigenvalue weighted by Crippen LogP contribution is 2.29. The van der Waals surface area contributed by atoms with Gasteiger partial charge in [-0.3, -0.25) is 0 Å². The molecule has 116 valence electrons. The second-order valence-electron chi connectivity index (χ2n) is 4.14. The molecule has 0 amide bonds. The molecule has 0 saturated carbocycles. The largest absolute Gasteiger partial charge is 0.478 e. The van der Waals surface area contributed by atoms with E-state index < -0.39 is 5.97 Å². The molecule has 0 aromatic heterocycles. The van der Waals surface area contributed by atoms with Gasteiger partial charge < -0.3 is 24.1 Å². The van der Waals surface area contributed by atoms with Crippen LogP contribution in [0.4, 0.5) is 0 Å². The molecule has 0 unspecified atom stereocenters. The van der Waals surface area contributed by atoms with Gasteiger partial charge in [0.15, 0.2) is 25.1 Å². The summed E-state index contributed by atoms with van der Waals surface area (Å²) < 4.78 is 20.5. The number of carbonyl (C=O) groups is 1. The van der Waals surface area contributed by atoms with Crippen LogP contribution in [0.25, 0.3) is 6.08 Å². The summed E-state index contributed by atoms with van der Waals surface area (Å²) in [5.74, 6) is 0.0273. The first-order valence-electron chi connectivity index (χ1n) is 6.43. The van der Waals surface area contributed by atoms with Crippen molar-refractivity contribution in [1.29, 1.82) is 0 Å². The van der Waals surface area contributed by atoms with E-state index in [0.29, 0.717) is 29.1 Å². The van der Waals surface area contributed by atoms with Crippen molar-refractivity contribution in [1.82, 2.24) is 0 Å². The fraction of sp³-hybridized carbons (Fsp3) is 0.400. The van der Waals surface area contributed by atoms with Crippen molar-refractivity contribution in [2.45, 2.75) is 13.3 Å². The normalized spacial score (nSPS) is 11.3. The highest BCUT2D eigenvalue weighted by Gasteiger charge is 2.09. The summed E-state index contributed by atoms with van der Waals surface area (Å²) in [6.07, 6.45) is 2.04. The molecule has 6 nitrogen and oxygen atoms in total. The van der Waals surface area contributed by atoms with Gasteiger partial charge in [-0.05, 0) is 30.2 Å². The van der Waals surface area contributed by atoms with Crippen molar-refractivity contribution >= 4 is 12.0 Å². The minimum absolute atomic E-state index is 0.0656. The predicted molar refractivity (Wildman–Crippen MR) is 77.4 cm³/mol. The lowest BCUT2D eigenvalue weighted by molar-refractivity contribution is -0.132.